The molecule has 0 radical (unpaired) electrons. The fourth-order valence-electron chi connectivity index (χ4n) is 3.19. The third-order valence-corrected chi connectivity index (χ3v) is 4.35. The first-order valence-corrected chi connectivity index (χ1v) is 8.20. The van der Waals surface area contributed by atoms with E-state index in [-0.39, 0.29) is 11.5 Å². The van der Waals surface area contributed by atoms with Gasteiger partial charge in [-0.15, -0.1) is 0 Å². The molecule has 0 spiro atoms. The van der Waals surface area contributed by atoms with Gasteiger partial charge in [-0.05, 0) is 39.4 Å². The maximum absolute atomic E-state index is 12.4. The minimum absolute atomic E-state index is 0.0508. The highest BCUT2D eigenvalue weighted by Crippen LogP contribution is 2.23. The molecule has 2 heterocycles. The van der Waals surface area contributed by atoms with Gasteiger partial charge in [0.15, 0.2) is 0 Å². The molecule has 1 N–H and O–H groups in total. The summed E-state index contributed by atoms with van der Waals surface area (Å²) in [6.07, 6.45) is 4.14. The summed E-state index contributed by atoms with van der Waals surface area (Å²) in [6, 6.07) is 4.98. The second kappa shape index (κ2) is 7.75. The standard InChI is InChI=1S/C17H27N3O3/c1-18(2)14-17(23)8-5-11-20(13-9-17)16(22)7-12-19-10-4-3-6-15(19)21/h3-4,6,10,23H,5,7-9,11-14H2,1-2H3/t17-/m0/s1. The van der Waals surface area contributed by atoms with Crippen molar-refractivity contribution in [3.63, 3.8) is 0 Å². The van der Waals surface area contributed by atoms with Crippen LogP contribution in [0.25, 0.3) is 0 Å². The minimum Gasteiger partial charge on any atom is -0.388 e. The summed E-state index contributed by atoms with van der Waals surface area (Å²) in [7, 11) is 3.90. The Morgan fingerprint density at radius 3 is 2.78 bits per heavy atom. The molecule has 0 aliphatic carbocycles. The summed E-state index contributed by atoms with van der Waals surface area (Å²) in [6.45, 7) is 2.27. The van der Waals surface area contributed by atoms with Gasteiger partial charge in [0.05, 0.1) is 5.60 Å². The van der Waals surface area contributed by atoms with E-state index in [9.17, 15) is 14.7 Å². The van der Waals surface area contributed by atoms with Crippen molar-refractivity contribution in [1.82, 2.24) is 14.4 Å². The predicted octanol–water partition coefficient (Wildman–Crippen LogP) is 0.544. The molecule has 6 heteroatoms. The van der Waals surface area contributed by atoms with Gasteiger partial charge in [-0.1, -0.05) is 6.07 Å². The molecule has 1 saturated heterocycles. The Balaban J connectivity index is 1.88. The van der Waals surface area contributed by atoms with E-state index in [0.29, 0.717) is 45.4 Å². The average Bonchev–Trinajstić information content (AvgIpc) is 2.67. The molecule has 1 aromatic heterocycles. The molecule has 0 bridgehead atoms. The van der Waals surface area contributed by atoms with Crippen LogP contribution in [0, 0.1) is 0 Å². The van der Waals surface area contributed by atoms with Gasteiger partial charge < -0.3 is 19.5 Å². The van der Waals surface area contributed by atoms with Crippen LogP contribution in [0.5, 0.6) is 0 Å². The summed E-state index contributed by atoms with van der Waals surface area (Å²) in [5.41, 5.74) is -0.800. The molecular formula is C17H27N3O3. The van der Waals surface area contributed by atoms with E-state index in [4.69, 9.17) is 0 Å². The third kappa shape index (κ3) is 5.18. The van der Waals surface area contributed by atoms with E-state index in [1.807, 2.05) is 23.9 Å². The Kier molecular flexibility index (Phi) is 5.96. The molecule has 128 valence electrons. The van der Waals surface area contributed by atoms with Crippen molar-refractivity contribution in [2.75, 3.05) is 33.7 Å². The van der Waals surface area contributed by atoms with Gasteiger partial charge in [0.2, 0.25) is 5.91 Å². The van der Waals surface area contributed by atoms with E-state index in [2.05, 4.69) is 0 Å². The summed E-state index contributed by atoms with van der Waals surface area (Å²) < 4.78 is 1.55. The maximum atomic E-state index is 12.4. The molecule has 1 aliphatic heterocycles. The fraction of sp³-hybridized carbons (Fsp3) is 0.647. The zero-order chi connectivity index (χ0) is 16.9. The van der Waals surface area contributed by atoms with Gasteiger partial charge in [-0.25, -0.2) is 0 Å². The molecule has 1 aliphatic rings. The van der Waals surface area contributed by atoms with E-state index in [1.54, 1.807) is 22.9 Å². The Bertz CT molecular complexity index is 584. The number of carbonyl (C=O) groups excluding carboxylic acids is 1. The number of rotatable bonds is 5. The van der Waals surface area contributed by atoms with Crippen LogP contribution in [0.4, 0.5) is 0 Å². The second-order valence-corrected chi connectivity index (χ2v) is 6.68. The molecule has 0 aromatic carbocycles. The Hall–Kier alpha value is -1.66. The van der Waals surface area contributed by atoms with Gasteiger partial charge in [0, 0.05) is 44.9 Å². The van der Waals surface area contributed by atoms with E-state index in [1.165, 1.54) is 6.07 Å². The first kappa shape index (κ1) is 17.7. The van der Waals surface area contributed by atoms with E-state index in [0.717, 1.165) is 6.42 Å². The van der Waals surface area contributed by atoms with Crippen molar-refractivity contribution in [3.05, 3.63) is 34.7 Å². The van der Waals surface area contributed by atoms with Crippen LogP contribution in [0.1, 0.15) is 25.7 Å². The van der Waals surface area contributed by atoms with Crippen LogP contribution >= 0.6 is 0 Å². The minimum atomic E-state index is -0.713. The predicted molar refractivity (Wildman–Crippen MR) is 89.3 cm³/mol. The number of amides is 1. The molecule has 23 heavy (non-hydrogen) atoms. The van der Waals surface area contributed by atoms with Crippen molar-refractivity contribution in [1.29, 1.82) is 0 Å². The van der Waals surface area contributed by atoms with Crippen LogP contribution in [0.2, 0.25) is 0 Å². The van der Waals surface area contributed by atoms with Gasteiger partial charge in [-0.2, -0.15) is 0 Å². The lowest BCUT2D eigenvalue weighted by molar-refractivity contribution is -0.131. The first-order valence-electron chi connectivity index (χ1n) is 8.20. The van der Waals surface area contributed by atoms with Gasteiger partial charge in [0.25, 0.3) is 5.56 Å². The van der Waals surface area contributed by atoms with Crippen LogP contribution in [0.15, 0.2) is 29.2 Å². The molecule has 6 nitrogen and oxygen atoms in total. The van der Waals surface area contributed by atoms with Gasteiger partial charge >= 0.3 is 0 Å². The number of likely N-dealkylation sites (tertiary alicyclic amines) is 1. The molecule has 1 aromatic rings. The number of hydrogen-bond donors (Lipinski definition) is 1. The number of carbonyl (C=O) groups is 1. The largest absolute Gasteiger partial charge is 0.388 e. The zero-order valence-corrected chi connectivity index (χ0v) is 14.1. The second-order valence-electron chi connectivity index (χ2n) is 6.68. The van der Waals surface area contributed by atoms with E-state index >= 15 is 0 Å². The topological polar surface area (TPSA) is 65.8 Å². The van der Waals surface area contributed by atoms with E-state index < -0.39 is 5.60 Å². The fourth-order valence-corrected chi connectivity index (χ4v) is 3.19. The molecular weight excluding hydrogens is 294 g/mol. The van der Waals surface area contributed by atoms with Crippen molar-refractivity contribution in [2.24, 2.45) is 0 Å². The number of hydrogen-bond acceptors (Lipinski definition) is 4. The molecule has 0 unspecified atom stereocenters. The van der Waals surface area contributed by atoms with Crippen molar-refractivity contribution >= 4 is 5.91 Å². The van der Waals surface area contributed by atoms with Gasteiger partial charge in [-0.3, -0.25) is 9.59 Å². The first-order chi connectivity index (χ1) is 10.9. The van der Waals surface area contributed by atoms with Crippen molar-refractivity contribution in [3.8, 4) is 0 Å². The van der Waals surface area contributed by atoms with Crippen LogP contribution in [-0.4, -0.2) is 64.7 Å². The molecule has 0 saturated carbocycles. The lowest BCUT2D eigenvalue weighted by atomic mass is 9.94. The maximum Gasteiger partial charge on any atom is 0.250 e. The monoisotopic (exact) mass is 321 g/mol. The number of aromatic nitrogens is 1. The third-order valence-electron chi connectivity index (χ3n) is 4.35. The lowest BCUT2D eigenvalue weighted by Gasteiger charge is -2.30. The summed E-state index contributed by atoms with van der Waals surface area (Å²) in [5.74, 6) is 0.0508. The Labute approximate surface area is 137 Å². The van der Waals surface area contributed by atoms with Crippen LogP contribution in [-0.2, 0) is 11.3 Å². The van der Waals surface area contributed by atoms with Crippen molar-refractivity contribution in [2.45, 2.75) is 37.8 Å². The Morgan fingerprint density at radius 2 is 2.09 bits per heavy atom. The molecule has 2 rings (SSSR count). The summed E-state index contributed by atoms with van der Waals surface area (Å²) in [5, 5.41) is 10.6. The molecule has 1 atom stereocenters. The highest BCUT2D eigenvalue weighted by Gasteiger charge is 2.31. The number of aliphatic hydroxyl groups is 1. The highest BCUT2D eigenvalue weighted by atomic mass is 16.3. The lowest BCUT2D eigenvalue weighted by Crippen LogP contribution is -2.41. The number of nitrogens with zero attached hydrogens (tertiary/aromatic N) is 3. The van der Waals surface area contributed by atoms with Crippen LogP contribution < -0.4 is 5.56 Å². The number of aryl methyl sites for hydroxylation is 1. The smallest absolute Gasteiger partial charge is 0.250 e. The average molecular weight is 321 g/mol. The van der Waals surface area contributed by atoms with Gasteiger partial charge in [0.1, 0.15) is 0 Å². The summed E-state index contributed by atoms with van der Waals surface area (Å²) >= 11 is 0. The summed E-state index contributed by atoms with van der Waals surface area (Å²) in [4.78, 5) is 27.8. The SMILES string of the molecule is CN(C)C[C@]1(O)CCCN(C(=O)CCn2ccccc2=O)CC1. The number of likely N-dealkylation sites (N-methyl/N-ethyl adjacent to an activating group) is 1. The normalized spacial score (nSPS) is 22.2. The highest BCUT2D eigenvalue weighted by molar-refractivity contribution is 5.76. The van der Waals surface area contributed by atoms with Crippen molar-refractivity contribution < 1.29 is 9.90 Å². The molecule has 1 amide bonds. The Morgan fingerprint density at radius 1 is 1.30 bits per heavy atom. The van der Waals surface area contributed by atoms with Crippen LogP contribution in [0.3, 0.4) is 0 Å². The zero-order valence-electron chi connectivity index (χ0n) is 14.1. The quantitative estimate of drug-likeness (QED) is 0.860. The number of pyridine rings is 1. The molecule has 1 fully saturated rings.